The number of fused-ring (bicyclic) bond motifs is 1. The molecule has 2 aromatic rings. The van der Waals surface area contributed by atoms with E-state index >= 15 is 0 Å². The van der Waals surface area contributed by atoms with Crippen LogP contribution in [0.2, 0.25) is 0 Å². The number of hydrogen-bond acceptors (Lipinski definition) is 6. The maximum Gasteiger partial charge on any atom is 0.573 e. The standard InChI is InChI=1S/C24H27F3N2O5/c25-24(26,27)34-19-6-4-18(5-7-19)28-22(30)14-17(15-29-9-1-2-10-29)23(31)16-3-8-20-21(13-16)33-12-11-32-20/h3-8,13,17,23,31H,1-2,9-12,14-15H2,(H,28,30)/t17-,23-/m1/s1. The van der Waals surface area contributed by atoms with Crippen molar-refractivity contribution in [1.82, 2.24) is 4.90 Å². The molecule has 2 atom stereocenters. The lowest BCUT2D eigenvalue weighted by Crippen LogP contribution is -2.33. The summed E-state index contributed by atoms with van der Waals surface area (Å²) in [5, 5.41) is 13.9. The van der Waals surface area contributed by atoms with Crippen LogP contribution in [-0.2, 0) is 4.79 Å². The van der Waals surface area contributed by atoms with Gasteiger partial charge in [-0.05, 0) is 67.9 Å². The number of amides is 1. The van der Waals surface area contributed by atoms with E-state index < -0.39 is 18.4 Å². The third kappa shape index (κ3) is 6.54. The van der Waals surface area contributed by atoms with Crippen molar-refractivity contribution in [3.8, 4) is 17.2 Å². The number of rotatable bonds is 8. The fourth-order valence-electron chi connectivity index (χ4n) is 4.28. The summed E-state index contributed by atoms with van der Waals surface area (Å²) < 4.78 is 52.0. The molecular formula is C24H27F3N2O5. The first-order valence-corrected chi connectivity index (χ1v) is 11.2. The van der Waals surface area contributed by atoms with E-state index in [0.29, 0.717) is 42.5 Å². The molecule has 1 fully saturated rings. The van der Waals surface area contributed by atoms with Gasteiger partial charge >= 0.3 is 6.36 Å². The molecule has 7 nitrogen and oxygen atoms in total. The fourth-order valence-corrected chi connectivity index (χ4v) is 4.28. The van der Waals surface area contributed by atoms with Gasteiger partial charge in [0.2, 0.25) is 5.91 Å². The Hall–Kier alpha value is -2.98. The summed E-state index contributed by atoms with van der Waals surface area (Å²) in [4.78, 5) is 15.0. The zero-order chi connectivity index (χ0) is 24.1. The first kappa shape index (κ1) is 24.2. The number of nitrogens with zero attached hydrogens (tertiary/aromatic N) is 1. The highest BCUT2D eigenvalue weighted by molar-refractivity contribution is 5.91. The second kappa shape index (κ2) is 10.5. The van der Waals surface area contributed by atoms with Gasteiger partial charge in [0.15, 0.2) is 11.5 Å². The molecule has 2 heterocycles. The number of halogens is 3. The summed E-state index contributed by atoms with van der Waals surface area (Å²) in [5.74, 6) is 0.0764. The van der Waals surface area contributed by atoms with Crippen LogP contribution in [0, 0.1) is 5.92 Å². The molecule has 2 N–H and O–H groups in total. The average molecular weight is 480 g/mol. The number of ether oxygens (including phenoxy) is 3. The number of likely N-dealkylation sites (tertiary alicyclic amines) is 1. The van der Waals surface area contributed by atoms with Crippen LogP contribution < -0.4 is 19.5 Å². The Morgan fingerprint density at radius 3 is 2.41 bits per heavy atom. The molecule has 0 saturated carbocycles. The lowest BCUT2D eigenvalue weighted by Gasteiger charge is -2.28. The number of carbonyl (C=O) groups excluding carboxylic acids is 1. The predicted molar refractivity (Wildman–Crippen MR) is 118 cm³/mol. The third-order valence-electron chi connectivity index (χ3n) is 5.86. The van der Waals surface area contributed by atoms with Gasteiger partial charge in [-0.25, -0.2) is 0 Å². The quantitative estimate of drug-likeness (QED) is 0.592. The van der Waals surface area contributed by atoms with Crippen molar-refractivity contribution in [1.29, 1.82) is 0 Å². The van der Waals surface area contributed by atoms with Crippen molar-refractivity contribution in [3.63, 3.8) is 0 Å². The van der Waals surface area contributed by atoms with Gasteiger partial charge in [-0.3, -0.25) is 4.79 Å². The molecule has 0 aliphatic carbocycles. The molecule has 0 radical (unpaired) electrons. The molecule has 10 heteroatoms. The van der Waals surface area contributed by atoms with Gasteiger partial charge < -0.3 is 29.5 Å². The van der Waals surface area contributed by atoms with Crippen molar-refractivity contribution in [3.05, 3.63) is 48.0 Å². The largest absolute Gasteiger partial charge is 0.573 e. The lowest BCUT2D eigenvalue weighted by molar-refractivity contribution is -0.274. The van der Waals surface area contributed by atoms with E-state index in [2.05, 4.69) is 15.0 Å². The molecule has 34 heavy (non-hydrogen) atoms. The van der Waals surface area contributed by atoms with E-state index in [4.69, 9.17) is 9.47 Å². The van der Waals surface area contributed by atoms with E-state index in [1.54, 1.807) is 18.2 Å². The Morgan fingerprint density at radius 2 is 1.74 bits per heavy atom. The Kier molecular flexibility index (Phi) is 7.47. The molecule has 0 unspecified atom stereocenters. The summed E-state index contributed by atoms with van der Waals surface area (Å²) in [6, 6.07) is 10.2. The van der Waals surface area contributed by atoms with E-state index in [1.165, 1.54) is 12.1 Å². The van der Waals surface area contributed by atoms with Gasteiger partial charge in [0.1, 0.15) is 19.0 Å². The second-order valence-electron chi connectivity index (χ2n) is 8.44. The van der Waals surface area contributed by atoms with Crippen molar-refractivity contribution < 1.29 is 37.3 Å². The predicted octanol–water partition coefficient (Wildman–Crippen LogP) is 4.13. The van der Waals surface area contributed by atoms with Crippen molar-refractivity contribution in [2.75, 3.05) is 38.2 Å². The number of nitrogens with one attached hydrogen (secondary N) is 1. The van der Waals surface area contributed by atoms with E-state index in [1.807, 2.05) is 0 Å². The first-order chi connectivity index (χ1) is 16.3. The number of benzene rings is 2. The Bertz CT molecular complexity index is 978. The fraction of sp³-hybridized carbons (Fsp3) is 0.458. The zero-order valence-corrected chi connectivity index (χ0v) is 18.5. The topological polar surface area (TPSA) is 80.3 Å². The first-order valence-electron chi connectivity index (χ1n) is 11.2. The minimum absolute atomic E-state index is 0.0346. The van der Waals surface area contributed by atoms with Crippen LogP contribution in [-0.4, -0.2) is 55.1 Å². The number of hydrogen-bond donors (Lipinski definition) is 2. The summed E-state index contributed by atoms with van der Waals surface area (Å²) in [7, 11) is 0. The molecule has 1 saturated heterocycles. The molecule has 2 aliphatic rings. The second-order valence-corrected chi connectivity index (χ2v) is 8.44. The van der Waals surface area contributed by atoms with Crippen LogP contribution in [0.3, 0.4) is 0 Å². The summed E-state index contributed by atoms with van der Waals surface area (Å²) in [6.45, 7) is 3.26. The van der Waals surface area contributed by atoms with Gasteiger partial charge in [0.05, 0.1) is 6.10 Å². The minimum atomic E-state index is -4.78. The van der Waals surface area contributed by atoms with Crippen molar-refractivity contribution in [2.24, 2.45) is 5.92 Å². The van der Waals surface area contributed by atoms with Crippen molar-refractivity contribution >= 4 is 11.6 Å². The maximum absolute atomic E-state index is 12.8. The summed E-state index contributed by atoms with van der Waals surface area (Å²) >= 11 is 0. The van der Waals surface area contributed by atoms with E-state index in [0.717, 1.165) is 38.1 Å². The van der Waals surface area contributed by atoms with Crippen LogP contribution in [0.15, 0.2) is 42.5 Å². The monoisotopic (exact) mass is 480 g/mol. The maximum atomic E-state index is 12.8. The van der Waals surface area contributed by atoms with Crippen LogP contribution in [0.4, 0.5) is 18.9 Å². The number of anilines is 1. The molecular weight excluding hydrogens is 453 g/mol. The van der Waals surface area contributed by atoms with Crippen LogP contribution >= 0.6 is 0 Å². The normalized spacial score (nSPS) is 17.8. The van der Waals surface area contributed by atoms with Gasteiger partial charge in [0, 0.05) is 24.6 Å². The molecule has 4 rings (SSSR count). The molecule has 0 bridgehead atoms. The highest BCUT2D eigenvalue weighted by atomic mass is 19.4. The zero-order valence-electron chi connectivity index (χ0n) is 18.5. The highest BCUT2D eigenvalue weighted by Gasteiger charge is 2.31. The minimum Gasteiger partial charge on any atom is -0.486 e. The van der Waals surface area contributed by atoms with Gasteiger partial charge in [0.25, 0.3) is 0 Å². The Balaban J connectivity index is 1.43. The Labute approximate surface area is 195 Å². The van der Waals surface area contributed by atoms with Crippen LogP contribution in [0.1, 0.15) is 30.9 Å². The van der Waals surface area contributed by atoms with Crippen LogP contribution in [0.25, 0.3) is 0 Å². The molecule has 2 aliphatic heterocycles. The smallest absolute Gasteiger partial charge is 0.486 e. The number of aliphatic hydroxyl groups is 1. The SMILES string of the molecule is O=C(C[C@H](CN1CCCC1)[C@H](O)c1ccc2c(c1)OCCO2)Nc1ccc(OC(F)(F)F)cc1. The van der Waals surface area contributed by atoms with Gasteiger partial charge in [-0.15, -0.1) is 13.2 Å². The number of aliphatic hydroxyl groups excluding tert-OH is 1. The van der Waals surface area contributed by atoms with Gasteiger partial charge in [-0.1, -0.05) is 6.07 Å². The molecule has 0 spiro atoms. The lowest BCUT2D eigenvalue weighted by atomic mass is 9.91. The van der Waals surface area contributed by atoms with Crippen LogP contribution in [0.5, 0.6) is 17.2 Å². The highest BCUT2D eigenvalue weighted by Crippen LogP contribution is 2.36. The third-order valence-corrected chi connectivity index (χ3v) is 5.86. The van der Waals surface area contributed by atoms with Crippen molar-refractivity contribution in [2.45, 2.75) is 31.7 Å². The summed E-state index contributed by atoms with van der Waals surface area (Å²) in [6.07, 6.45) is -3.51. The number of alkyl halides is 3. The Morgan fingerprint density at radius 1 is 1.06 bits per heavy atom. The molecule has 184 valence electrons. The van der Waals surface area contributed by atoms with E-state index in [-0.39, 0.29) is 18.1 Å². The average Bonchev–Trinajstić information content (AvgIpc) is 3.31. The summed E-state index contributed by atoms with van der Waals surface area (Å²) in [5.41, 5.74) is 0.975. The molecule has 2 aromatic carbocycles. The van der Waals surface area contributed by atoms with E-state index in [9.17, 15) is 23.1 Å². The molecule has 0 aromatic heterocycles. The van der Waals surface area contributed by atoms with Gasteiger partial charge in [-0.2, -0.15) is 0 Å². The molecule has 1 amide bonds. The number of carbonyl (C=O) groups is 1.